The van der Waals surface area contributed by atoms with Crippen LogP contribution in [-0.2, 0) is 4.74 Å². The van der Waals surface area contributed by atoms with Crippen LogP contribution in [0.15, 0.2) is 54.6 Å². The first-order valence-corrected chi connectivity index (χ1v) is 8.85. The Balaban J connectivity index is 1.67. The fourth-order valence-corrected chi connectivity index (χ4v) is 2.84. The van der Waals surface area contributed by atoms with Crippen LogP contribution in [0.1, 0.15) is 0 Å². The molecule has 2 heterocycles. The molecule has 1 aromatic heterocycles. The summed E-state index contributed by atoms with van der Waals surface area (Å²) in [5.41, 5.74) is 1.56. The van der Waals surface area contributed by atoms with Crippen LogP contribution in [0.25, 0.3) is 11.4 Å². The first-order chi connectivity index (χ1) is 13.7. The van der Waals surface area contributed by atoms with Crippen molar-refractivity contribution in [3.8, 4) is 11.4 Å². The topological polar surface area (TPSA) is 106 Å². The SMILES string of the molecule is O=[N+]([O-])c1ccc(Nc2nc(-c3ccccc3)nc(N3CCOCC3)n2)cc1. The van der Waals surface area contributed by atoms with Crippen molar-refractivity contribution < 1.29 is 9.66 Å². The summed E-state index contributed by atoms with van der Waals surface area (Å²) in [6, 6.07) is 15.8. The number of rotatable bonds is 5. The molecule has 4 rings (SSSR count). The Morgan fingerprint density at radius 3 is 2.36 bits per heavy atom. The van der Waals surface area contributed by atoms with Crippen LogP contribution in [-0.4, -0.2) is 46.2 Å². The van der Waals surface area contributed by atoms with Gasteiger partial charge >= 0.3 is 0 Å². The largest absolute Gasteiger partial charge is 0.378 e. The molecule has 0 unspecified atom stereocenters. The van der Waals surface area contributed by atoms with Crippen molar-refractivity contribution in [3.63, 3.8) is 0 Å². The smallest absolute Gasteiger partial charge is 0.269 e. The Kier molecular flexibility index (Phi) is 5.07. The predicted molar refractivity (Wildman–Crippen MR) is 105 cm³/mol. The number of anilines is 3. The summed E-state index contributed by atoms with van der Waals surface area (Å²) in [6.45, 7) is 2.65. The van der Waals surface area contributed by atoms with Crippen LogP contribution in [0.4, 0.5) is 23.3 Å². The fraction of sp³-hybridized carbons (Fsp3) is 0.211. The van der Waals surface area contributed by atoms with E-state index in [9.17, 15) is 10.1 Å². The molecule has 9 heteroatoms. The molecule has 0 spiro atoms. The summed E-state index contributed by atoms with van der Waals surface area (Å²) in [4.78, 5) is 26.1. The average Bonchev–Trinajstić information content (AvgIpc) is 2.75. The zero-order valence-corrected chi connectivity index (χ0v) is 15.0. The van der Waals surface area contributed by atoms with Crippen LogP contribution < -0.4 is 10.2 Å². The summed E-state index contributed by atoms with van der Waals surface area (Å²) in [6.07, 6.45) is 0. The fourth-order valence-electron chi connectivity index (χ4n) is 2.84. The molecule has 1 aliphatic rings. The highest BCUT2D eigenvalue weighted by molar-refractivity contribution is 5.62. The molecule has 1 aliphatic heterocycles. The third-order valence-electron chi connectivity index (χ3n) is 4.28. The molecule has 9 nitrogen and oxygen atoms in total. The summed E-state index contributed by atoms with van der Waals surface area (Å²) < 4.78 is 5.41. The van der Waals surface area contributed by atoms with Gasteiger partial charge < -0.3 is 15.0 Å². The standard InChI is InChI=1S/C19H18N6O3/c26-25(27)16-8-6-15(7-9-16)20-18-21-17(14-4-2-1-3-5-14)22-19(23-18)24-10-12-28-13-11-24/h1-9H,10-13H2,(H,20,21,22,23). The highest BCUT2D eigenvalue weighted by Crippen LogP contribution is 2.23. The molecule has 142 valence electrons. The second kappa shape index (κ2) is 7.97. The van der Waals surface area contributed by atoms with Gasteiger partial charge in [0.2, 0.25) is 11.9 Å². The molecular weight excluding hydrogens is 360 g/mol. The second-order valence-electron chi connectivity index (χ2n) is 6.18. The van der Waals surface area contributed by atoms with Crippen LogP contribution in [0.5, 0.6) is 0 Å². The van der Waals surface area contributed by atoms with Gasteiger partial charge in [0.05, 0.1) is 18.1 Å². The molecule has 0 aliphatic carbocycles. The number of nitrogens with zero attached hydrogens (tertiary/aromatic N) is 5. The number of nitrogens with one attached hydrogen (secondary N) is 1. The number of aromatic nitrogens is 3. The Morgan fingerprint density at radius 2 is 1.68 bits per heavy atom. The maximum absolute atomic E-state index is 10.8. The summed E-state index contributed by atoms with van der Waals surface area (Å²) in [5, 5.41) is 13.9. The van der Waals surface area contributed by atoms with Gasteiger partial charge in [0, 0.05) is 36.5 Å². The van der Waals surface area contributed by atoms with Gasteiger partial charge in [0.1, 0.15) is 0 Å². The van der Waals surface area contributed by atoms with E-state index in [1.165, 1.54) is 12.1 Å². The average molecular weight is 378 g/mol. The lowest BCUT2D eigenvalue weighted by Gasteiger charge is -2.27. The lowest BCUT2D eigenvalue weighted by Crippen LogP contribution is -2.37. The maximum atomic E-state index is 10.8. The molecule has 3 aromatic rings. The quantitative estimate of drug-likeness (QED) is 0.533. The lowest BCUT2D eigenvalue weighted by molar-refractivity contribution is -0.384. The Labute approximate surface area is 161 Å². The van der Waals surface area contributed by atoms with Gasteiger partial charge in [-0.05, 0) is 12.1 Å². The minimum absolute atomic E-state index is 0.0279. The van der Waals surface area contributed by atoms with Crippen molar-refractivity contribution in [3.05, 3.63) is 64.7 Å². The van der Waals surface area contributed by atoms with E-state index < -0.39 is 4.92 Å². The van der Waals surface area contributed by atoms with Gasteiger partial charge in [0.25, 0.3) is 5.69 Å². The van der Waals surface area contributed by atoms with Crippen LogP contribution in [0.3, 0.4) is 0 Å². The van der Waals surface area contributed by atoms with Crippen molar-refractivity contribution >= 4 is 23.3 Å². The van der Waals surface area contributed by atoms with Crippen molar-refractivity contribution in [1.82, 2.24) is 15.0 Å². The van der Waals surface area contributed by atoms with Gasteiger partial charge in [0.15, 0.2) is 5.82 Å². The highest BCUT2D eigenvalue weighted by atomic mass is 16.6. The molecule has 0 amide bonds. The number of benzene rings is 2. The molecular formula is C19H18N6O3. The molecule has 1 saturated heterocycles. The minimum Gasteiger partial charge on any atom is -0.378 e. The third-order valence-corrected chi connectivity index (χ3v) is 4.28. The number of non-ortho nitro benzene ring substituents is 1. The molecule has 2 aromatic carbocycles. The first-order valence-electron chi connectivity index (χ1n) is 8.85. The van der Waals surface area contributed by atoms with Gasteiger partial charge in [-0.1, -0.05) is 30.3 Å². The number of ether oxygens (including phenoxy) is 1. The zero-order valence-electron chi connectivity index (χ0n) is 15.0. The molecule has 1 fully saturated rings. The maximum Gasteiger partial charge on any atom is 0.269 e. The lowest BCUT2D eigenvalue weighted by atomic mass is 10.2. The molecule has 0 radical (unpaired) electrons. The van der Waals surface area contributed by atoms with Crippen LogP contribution in [0.2, 0.25) is 0 Å². The van der Waals surface area contributed by atoms with E-state index in [4.69, 9.17) is 4.74 Å². The van der Waals surface area contributed by atoms with Gasteiger partial charge in [-0.3, -0.25) is 10.1 Å². The van der Waals surface area contributed by atoms with Crippen molar-refractivity contribution in [2.24, 2.45) is 0 Å². The second-order valence-corrected chi connectivity index (χ2v) is 6.18. The zero-order chi connectivity index (χ0) is 19.3. The monoisotopic (exact) mass is 378 g/mol. The predicted octanol–water partition coefficient (Wildman–Crippen LogP) is 3.03. The van der Waals surface area contributed by atoms with Crippen molar-refractivity contribution in [2.45, 2.75) is 0 Å². The number of hydrogen-bond donors (Lipinski definition) is 1. The first kappa shape index (κ1) is 17.8. The van der Waals surface area contributed by atoms with E-state index in [-0.39, 0.29) is 5.69 Å². The number of nitro groups is 1. The third kappa shape index (κ3) is 4.04. The number of nitro benzene ring substituents is 1. The van der Waals surface area contributed by atoms with Gasteiger partial charge in [-0.15, -0.1) is 0 Å². The van der Waals surface area contributed by atoms with E-state index in [0.29, 0.717) is 49.7 Å². The molecule has 28 heavy (non-hydrogen) atoms. The Hall–Kier alpha value is -3.59. The van der Waals surface area contributed by atoms with Crippen molar-refractivity contribution in [1.29, 1.82) is 0 Å². The van der Waals surface area contributed by atoms with Crippen LogP contribution in [0, 0.1) is 10.1 Å². The Morgan fingerprint density at radius 1 is 0.964 bits per heavy atom. The van der Waals surface area contributed by atoms with Crippen LogP contribution >= 0.6 is 0 Å². The number of morpholine rings is 1. The highest BCUT2D eigenvalue weighted by Gasteiger charge is 2.17. The molecule has 0 saturated carbocycles. The van der Waals surface area contributed by atoms with Crippen molar-refractivity contribution in [2.75, 3.05) is 36.5 Å². The molecule has 1 N–H and O–H groups in total. The summed E-state index contributed by atoms with van der Waals surface area (Å²) in [7, 11) is 0. The van der Waals surface area contributed by atoms with E-state index in [1.54, 1.807) is 12.1 Å². The van der Waals surface area contributed by atoms with E-state index in [0.717, 1.165) is 5.56 Å². The minimum atomic E-state index is -0.434. The van der Waals surface area contributed by atoms with Gasteiger partial charge in [-0.25, -0.2) is 0 Å². The van der Waals surface area contributed by atoms with E-state index in [2.05, 4.69) is 25.2 Å². The van der Waals surface area contributed by atoms with E-state index >= 15 is 0 Å². The van der Waals surface area contributed by atoms with Gasteiger partial charge in [-0.2, -0.15) is 15.0 Å². The number of hydrogen-bond acceptors (Lipinski definition) is 8. The Bertz CT molecular complexity index is 959. The normalized spacial score (nSPS) is 13.9. The van der Waals surface area contributed by atoms with E-state index in [1.807, 2.05) is 30.3 Å². The summed E-state index contributed by atoms with van der Waals surface area (Å²) in [5.74, 6) is 1.51. The summed E-state index contributed by atoms with van der Waals surface area (Å²) >= 11 is 0. The molecule has 0 atom stereocenters. The molecule has 0 bridgehead atoms.